The number of hydrogen-bond acceptors (Lipinski definition) is 3. The summed E-state index contributed by atoms with van der Waals surface area (Å²) in [5.74, 6) is 0.381. The molecule has 0 saturated heterocycles. The molecule has 0 radical (unpaired) electrons. The lowest BCUT2D eigenvalue weighted by Gasteiger charge is -2.01. The van der Waals surface area contributed by atoms with Crippen LogP contribution in [-0.4, -0.2) is 10.9 Å². The van der Waals surface area contributed by atoms with Crippen LogP contribution in [0, 0.1) is 6.92 Å². The van der Waals surface area contributed by atoms with Gasteiger partial charge in [0.25, 0.3) is 5.91 Å². The Hall–Kier alpha value is -2.88. The first kappa shape index (κ1) is 13.1. The van der Waals surface area contributed by atoms with E-state index in [-0.39, 0.29) is 11.9 Å². The molecule has 2 aromatic carbocycles. The van der Waals surface area contributed by atoms with Gasteiger partial charge in [0.15, 0.2) is 5.76 Å². The Morgan fingerprint density at radius 2 is 1.76 bits per heavy atom. The van der Waals surface area contributed by atoms with Gasteiger partial charge in [0.05, 0.1) is 6.20 Å². The topological polar surface area (TPSA) is 55.1 Å². The van der Waals surface area contributed by atoms with Crippen molar-refractivity contribution in [2.45, 2.75) is 6.92 Å². The smallest absolute Gasteiger partial charge is 0.302 e. The number of aryl methyl sites for hydroxylation is 1. The average Bonchev–Trinajstić information content (AvgIpc) is 2.97. The molecule has 3 aromatic rings. The van der Waals surface area contributed by atoms with E-state index in [1.807, 2.05) is 49.4 Å². The third-order valence-electron chi connectivity index (χ3n) is 3.10. The van der Waals surface area contributed by atoms with Crippen LogP contribution in [0.15, 0.2) is 65.2 Å². The van der Waals surface area contributed by atoms with Gasteiger partial charge in [-0.1, -0.05) is 48.0 Å². The van der Waals surface area contributed by atoms with Crippen LogP contribution in [0.1, 0.15) is 15.9 Å². The average molecular weight is 278 g/mol. The van der Waals surface area contributed by atoms with Gasteiger partial charge in [-0.25, -0.2) is 4.98 Å². The number of aromatic nitrogens is 1. The van der Waals surface area contributed by atoms with Gasteiger partial charge < -0.3 is 4.42 Å². The van der Waals surface area contributed by atoms with Crippen LogP contribution < -0.4 is 5.32 Å². The normalized spacial score (nSPS) is 10.3. The summed E-state index contributed by atoms with van der Waals surface area (Å²) in [7, 11) is 0. The number of carbonyl (C=O) groups is 1. The Balaban J connectivity index is 1.75. The van der Waals surface area contributed by atoms with Gasteiger partial charge in [-0.05, 0) is 19.1 Å². The Morgan fingerprint density at radius 1 is 1.05 bits per heavy atom. The van der Waals surface area contributed by atoms with Crippen molar-refractivity contribution in [1.82, 2.24) is 4.98 Å². The molecule has 0 aliphatic heterocycles. The maximum atomic E-state index is 12.1. The van der Waals surface area contributed by atoms with Gasteiger partial charge >= 0.3 is 6.01 Å². The first-order valence-electron chi connectivity index (χ1n) is 6.61. The third kappa shape index (κ3) is 3.00. The van der Waals surface area contributed by atoms with Gasteiger partial charge in [-0.3, -0.25) is 10.1 Å². The largest absolute Gasteiger partial charge is 0.423 e. The molecule has 0 spiro atoms. The lowest BCUT2D eigenvalue weighted by Crippen LogP contribution is -2.11. The molecule has 1 heterocycles. The van der Waals surface area contributed by atoms with Crippen molar-refractivity contribution in [3.8, 4) is 11.3 Å². The Morgan fingerprint density at radius 3 is 2.48 bits per heavy atom. The maximum Gasteiger partial charge on any atom is 0.302 e. The zero-order valence-corrected chi connectivity index (χ0v) is 11.5. The minimum Gasteiger partial charge on any atom is -0.423 e. The molecule has 4 heteroatoms. The molecule has 0 bridgehead atoms. The predicted molar refractivity (Wildman–Crippen MR) is 81.1 cm³/mol. The predicted octanol–water partition coefficient (Wildman–Crippen LogP) is 3.90. The lowest BCUT2D eigenvalue weighted by molar-refractivity contribution is 0.102. The second kappa shape index (κ2) is 5.63. The standard InChI is InChI=1S/C17H14N2O2/c1-12-7-9-14(10-8-12)16(20)19-17-18-11-15(21-17)13-5-3-2-4-6-13/h2-11H,1H3,(H,18,19,20). The van der Waals surface area contributed by atoms with E-state index in [9.17, 15) is 4.79 Å². The first-order chi connectivity index (χ1) is 10.2. The van der Waals surface area contributed by atoms with Crippen LogP contribution in [0.2, 0.25) is 0 Å². The fraction of sp³-hybridized carbons (Fsp3) is 0.0588. The highest BCUT2D eigenvalue weighted by Gasteiger charge is 2.11. The summed E-state index contributed by atoms with van der Waals surface area (Å²) in [5, 5.41) is 2.65. The summed E-state index contributed by atoms with van der Waals surface area (Å²) >= 11 is 0. The summed E-state index contributed by atoms with van der Waals surface area (Å²) < 4.78 is 5.54. The number of hydrogen-bond donors (Lipinski definition) is 1. The fourth-order valence-electron chi connectivity index (χ4n) is 1.94. The minimum atomic E-state index is -0.239. The van der Waals surface area contributed by atoms with Crippen molar-refractivity contribution < 1.29 is 9.21 Å². The molecule has 4 nitrogen and oxygen atoms in total. The highest BCUT2D eigenvalue weighted by Crippen LogP contribution is 2.22. The molecule has 0 unspecified atom stereocenters. The van der Waals surface area contributed by atoms with Crippen LogP contribution in [0.5, 0.6) is 0 Å². The van der Waals surface area contributed by atoms with E-state index in [1.54, 1.807) is 18.3 Å². The number of rotatable bonds is 3. The number of carbonyl (C=O) groups excluding carboxylic acids is 1. The number of anilines is 1. The summed E-state index contributed by atoms with van der Waals surface area (Å²) in [6.45, 7) is 1.97. The molecule has 0 fully saturated rings. The second-order valence-electron chi connectivity index (χ2n) is 4.72. The van der Waals surface area contributed by atoms with Gasteiger partial charge in [-0.2, -0.15) is 0 Å². The summed E-state index contributed by atoms with van der Waals surface area (Å²) in [4.78, 5) is 16.1. The van der Waals surface area contributed by atoms with Crippen LogP contribution in [0.3, 0.4) is 0 Å². The number of nitrogens with one attached hydrogen (secondary N) is 1. The Labute approximate surface area is 122 Å². The lowest BCUT2D eigenvalue weighted by atomic mass is 10.1. The van der Waals surface area contributed by atoms with Crippen molar-refractivity contribution >= 4 is 11.9 Å². The molecular weight excluding hydrogens is 264 g/mol. The van der Waals surface area contributed by atoms with E-state index >= 15 is 0 Å². The van der Waals surface area contributed by atoms with Crippen molar-refractivity contribution in [1.29, 1.82) is 0 Å². The zero-order chi connectivity index (χ0) is 14.7. The van der Waals surface area contributed by atoms with Gasteiger partial charge in [-0.15, -0.1) is 0 Å². The monoisotopic (exact) mass is 278 g/mol. The quantitative estimate of drug-likeness (QED) is 0.790. The van der Waals surface area contributed by atoms with E-state index in [1.165, 1.54) is 0 Å². The number of oxazole rings is 1. The van der Waals surface area contributed by atoms with Crippen molar-refractivity contribution in [2.75, 3.05) is 5.32 Å². The molecule has 1 amide bonds. The summed E-state index contributed by atoms with van der Waals surface area (Å²) in [5.41, 5.74) is 2.59. The molecule has 3 rings (SSSR count). The molecule has 21 heavy (non-hydrogen) atoms. The van der Waals surface area contributed by atoms with Crippen LogP contribution in [-0.2, 0) is 0 Å². The van der Waals surface area contributed by atoms with Crippen molar-refractivity contribution in [3.63, 3.8) is 0 Å². The first-order valence-corrected chi connectivity index (χ1v) is 6.61. The molecule has 0 aliphatic rings. The van der Waals surface area contributed by atoms with Crippen LogP contribution >= 0.6 is 0 Å². The number of benzene rings is 2. The van der Waals surface area contributed by atoms with E-state index in [0.29, 0.717) is 11.3 Å². The van der Waals surface area contributed by atoms with Crippen LogP contribution in [0.25, 0.3) is 11.3 Å². The van der Waals surface area contributed by atoms with Crippen molar-refractivity contribution in [2.24, 2.45) is 0 Å². The molecule has 104 valence electrons. The molecule has 1 N–H and O–H groups in total. The molecule has 1 aromatic heterocycles. The molecule has 0 saturated carbocycles. The maximum absolute atomic E-state index is 12.1. The van der Waals surface area contributed by atoms with E-state index in [2.05, 4.69) is 10.3 Å². The second-order valence-corrected chi connectivity index (χ2v) is 4.72. The fourth-order valence-corrected chi connectivity index (χ4v) is 1.94. The summed E-state index contributed by atoms with van der Waals surface area (Å²) in [6.07, 6.45) is 1.60. The minimum absolute atomic E-state index is 0.194. The highest BCUT2D eigenvalue weighted by atomic mass is 16.4. The van der Waals surface area contributed by atoms with E-state index in [4.69, 9.17) is 4.42 Å². The number of amides is 1. The molecule has 0 aliphatic carbocycles. The zero-order valence-electron chi connectivity index (χ0n) is 11.5. The number of nitrogens with zero attached hydrogens (tertiary/aromatic N) is 1. The van der Waals surface area contributed by atoms with E-state index < -0.39 is 0 Å². The highest BCUT2D eigenvalue weighted by molar-refractivity contribution is 6.03. The molecular formula is C17H14N2O2. The van der Waals surface area contributed by atoms with Crippen LogP contribution in [0.4, 0.5) is 6.01 Å². The Kier molecular flexibility index (Phi) is 3.51. The SMILES string of the molecule is Cc1ccc(C(=O)Nc2ncc(-c3ccccc3)o2)cc1. The van der Waals surface area contributed by atoms with Crippen molar-refractivity contribution in [3.05, 3.63) is 71.9 Å². The third-order valence-corrected chi connectivity index (χ3v) is 3.10. The molecule has 0 atom stereocenters. The van der Waals surface area contributed by atoms with Gasteiger partial charge in [0.2, 0.25) is 0 Å². The van der Waals surface area contributed by atoms with Gasteiger partial charge in [0, 0.05) is 11.1 Å². The summed E-state index contributed by atoms with van der Waals surface area (Å²) in [6, 6.07) is 17.1. The Bertz CT molecular complexity index is 746. The van der Waals surface area contributed by atoms with E-state index in [0.717, 1.165) is 11.1 Å². The van der Waals surface area contributed by atoms with Gasteiger partial charge in [0.1, 0.15) is 0 Å².